The van der Waals surface area contributed by atoms with E-state index >= 15 is 0 Å². The summed E-state index contributed by atoms with van der Waals surface area (Å²) in [6, 6.07) is 20.6. The number of rotatable bonds is 3. The van der Waals surface area contributed by atoms with Crippen molar-refractivity contribution in [2.24, 2.45) is 0 Å². The molecule has 0 aliphatic rings. The standard InChI is InChI=1S/C16H14.Zr/c1-3-9-15(10-4-1)13-7-8-14-16-11-5-2-6-12-16;/h1-14H;/b13-7+,14-8+;. The Labute approximate surface area is 122 Å². The number of allylic oxidation sites excluding steroid dienone is 2. The minimum absolute atomic E-state index is 0. The molecular weight excluding hydrogens is 283 g/mol. The molecule has 0 unspecified atom stereocenters. The number of benzene rings is 2. The Balaban J connectivity index is 0.00000144. The fraction of sp³-hybridized carbons (Fsp3) is 0. The summed E-state index contributed by atoms with van der Waals surface area (Å²) in [4.78, 5) is 0. The first kappa shape index (κ1) is 13.9. The van der Waals surface area contributed by atoms with Crippen LogP contribution in [0.15, 0.2) is 72.8 Å². The summed E-state index contributed by atoms with van der Waals surface area (Å²) in [6.07, 6.45) is 8.31. The smallest absolute Gasteiger partial charge is 0 e. The van der Waals surface area contributed by atoms with Crippen molar-refractivity contribution < 1.29 is 26.2 Å². The second-order valence-electron chi connectivity index (χ2n) is 3.54. The second-order valence-corrected chi connectivity index (χ2v) is 3.54. The van der Waals surface area contributed by atoms with Crippen LogP contribution in [-0.4, -0.2) is 0 Å². The molecule has 0 radical (unpaired) electrons. The van der Waals surface area contributed by atoms with Gasteiger partial charge in [0.25, 0.3) is 0 Å². The van der Waals surface area contributed by atoms with E-state index in [9.17, 15) is 0 Å². The molecule has 0 fully saturated rings. The van der Waals surface area contributed by atoms with E-state index < -0.39 is 0 Å². The topological polar surface area (TPSA) is 0 Å². The maximum absolute atomic E-state index is 2.10. The molecule has 0 nitrogen and oxygen atoms in total. The molecule has 0 aromatic heterocycles. The van der Waals surface area contributed by atoms with Crippen molar-refractivity contribution in [3.05, 3.63) is 83.9 Å². The normalized spacial score (nSPS) is 10.6. The molecule has 2 aromatic rings. The Bertz CT molecular complexity index is 422. The van der Waals surface area contributed by atoms with Gasteiger partial charge in [-0.3, -0.25) is 0 Å². The minimum atomic E-state index is 0. The molecule has 0 saturated heterocycles. The predicted molar refractivity (Wildman–Crippen MR) is 71.0 cm³/mol. The van der Waals surface area contributed by atoms with Gasteiger partial charge in [0.2, 0.25) is 0 Å². The quantitative estimate of drug-likeness (QED) is 0.736. The van der Waals surface area contributed by atoms with Crippen LogP contribution in [0.1, 0.15) is 11.1 Å². The molecule has 0 atom stereocenters. The van der Waals surface area contributed by atoms with Crippen LogP contribution >= 0.6 is 0 Å². The molecule has 0 bridgehead atoms. The van der Waals surface area contributed by atoms with Crippen molar-refractivity contribution in [2.75, 3.05) is 0 Å². The Morgan fingerprint density at radius 2 is 0.882 bits per heavy atom. The largest absolute Gasteiger partial charge is 0.0622 e. The van der Waals surface area contributed by atoms with Crippen LogP contribution in [-0.2, 0) is 26.2 Å². The van der Waals surface area contributed by atoms with Crippen molar-refractivity contribution in [1.29, 1.82) is 0 Å². The third-order valence-corrected chi connectivity index (χ3v) is 2.29. The van der Waals surface area contributed by atoms with Crippen molar-refractivity contribution in [1.82, 2.24) is 0 Å². The van der Waals surface area contributed by atoms with Crippen molar-refractivity contribution in [2.45, 2.75) is 0 Å². The summed E-state index contributed by atoms with van der Waals surface area (Å²) in [5.74, 6) is 0. The molecule has 2 aromatic carbocycles. The molecule has 0 aliphatic heterocycles. The van der Waals surface area contributed by atoms with E-state index in [1.54, 1.807) is 0 Å². The molecule has 0 saturated carbocycles. The van der Waals surface area contributed by atoms with E-state index in [4.69, 9.17) is 0 Å². The molecule has 0 heterocycles. The third kappa shape index (κ3) is 5.10. The fourth-order valence-corrected chi connectivity index (χ4v) is 1.46. The van der Waals surface area contributed by atoms with Gasteiger partial charge in [-0.25, -0.2) is 0 Å². The second kappa shape index (κ2) is 7.98. The number of hydrogen-bond donors (Lipinski definition) is 0. The van der Waals surface area contributed by atoms with E-state index in [1.165, 1.54) is 11.1 Å². The van der Waals surface area contributed by atoms with Gasteiger partial charge in [-0.2, -0.15) is 0 Å². The molecule has 1 heteroatoms. The van der Waals surface area contributed by atoms with Gasteiger partial charge < -0.3 is 0 Å². The van der Waals surface area contributed by atoms with Gasteiger partial charge in [0.1, 0.15) is 0 Å². The molecule has 82 valence electrons. The first-order valence-corrected chi connectivity index (χ1v) is 5.40. The van der Waals surface area contributed by atoms with Crippen LogP contribution in [0.25, 0.3) is 12.2 Å². The fourth-order valence-electron chi connectivity index (χ4n) is 1.46. The van der Waals surface area contributed by atoms with Gasteiger partial charge in [-0.1, -0.05) is 85.0 Å². The summed E-state index contributed by atoms with van der Waals surface area (Å²) < 4.78 is 0. The molecular formula is C16H14Zr. The Kier molecular flexibility index (Phi) is 6.51. The van der Waals surface area contributed by atoms with Gasteiger partial charge in [0.05, 0.1) is 0 Å². The third-order valence-electron chi connectivity index (χ3n) is 2.29. The van der Waals surface area contributed by atoms with Crippen LogP contribution < -0.4 is 0 Å². The monoisotopic (exact) mass is 296 g/mol. The SMILES string of the molecule is C(/C=C/c1ccccc1)=C\c1ccccc1.[Zr]. The van der Waals surface area contributed by atoms with E-state index in [0.29, 0.717) is 0 Å². The van der Waals surface area contributed by atoms with Crippen LogP contribution in [0.4, 0.5) is 0 Å². The first-order chi connectivity index (χ1) is 7.95. The minimum Gasteiger partial charge on any atom is -0.0622 e. The Morgan fingerprint density at radius 3 is 1.24 bits per heavy atom. The molecule has 0 amide bonds. The van der Waals surface area contributed by atoms with Crippen molar-refractivity contribution in [3.63, 3.8) is 0 Å². The average molecular weight is 298 g/mol. The summed E-state index contributed by atoms with van der Waals surface area (Å²) in [6.45, 7) is 0. The zero-order chi connectivity index (χ0) is 11.1. The van der Waals surface area contributed by atoms with Crippen molar-refractivity contribution in [3.8, 4) is 0 Å². The maximum Gasteiger partial charge on any atom is 0 e. The summed E-state index contributed by atoms with van der Waals surface area (Å²) >= 11 is 0. The molecule has 17 heavy (non-hydrogen) atoms. The Hall–Kier alpha value is -1.20. The van der Waals surface area contributed by atoms with E-state index in [1.807, 2.05) is 36.4 Å². The van der Waals surface area contributed by atoms with Gasteiger partial charge in [0, 0.05) is 26.2 Å². The van der Waals surface area contributed by atoms with Gasteiger partial charge in [-0.15, -0.1) is 0 Å². The van der Waals surface area contributed by atoms with Crippen LogP contribution in [0.2, 0.25) is 0 Å². The molecule has 0 spiro atoms. The zero-order valence-electron chi connectivity index (χ0n) is 9.58. The molecule has 0 N–H and O–H groups in total. The van der Waals surface area contributed by atoms with Gasteiger partial charge in [0.15, 0.2) is 0 Å². The predicted octanol–water partition coefficient (Wildman–Crippen LogP) is 4.41. The van der Waals surface area contributed by atoms with Gasteiger partial charge in [-0.05, 0) is 11.1 Å². The first-order valence-electron chi connectivity index (χ1n) is 5.40. The van der Waals surface area contributed by atoms with E-state index in [-0.39, 0.29) is 26.2 Å². The zero-order valence-corrected chi connectivity index (χ0v) is 12.0. The van der Waals surface area contributed by atoms with E-state index in [2.05, 4.69) is 48.6 Å². The maximum atomic E-state index is 2.10. The summed E-state index contributed by atoms with van der Waals surface area (Å²) in [5, 5.41) is 0. The van der Waals surface area contributed by atoms with Crippen LogP contribution in [0.3, 0.4) is 0 Å². The number of hydrogen-bond acceptors (Lipinski definition) is 0. The van der Waals surface area contributed by atoms with E-state index in [0.717, 1.165) is 0 Å². The average Bonchev–Trinajstić information content (AvgIpc) is 2.37. The molecule has 0 aliphatic carbocycles. The van der Waals surface area contributed by atoms with Gasteiger partial charge >= 0.3 is 0 Å². The Morgan fingerprint density at radius 1 is 0.529 bits per heavy atom. The van der Waals surface area contributed by atoms with Crippen molar-refractivity contribution >= 4 is 12.2 Å². The summed E-state index contributed by atoms with van der Waals surface area (Å²) in [7, 11) is 0. The van der Waals surface area contributed by atoms with Crippen LogP contribution in [0, 0.1) is 0 Å². The van der Waals surface area contributed by atoms with Crippen LogP contribution in [0.5, 0.6) is 0 Å². The molecule has 2 rings (SSSR count). The summed E-state index contributed by atoms with van der Waals surface area (Å²) in [5.41, 5.74) is 2.44.